The molecule has 0 heterocycles. The van der Waals surface area contributed by atoms with E-state index in [-0.39, 0.29) is 5.24 Å². The fourth-order valence-electron chi connectivity index (χ4n) is 1.19. The third kappa shape index (κ3) is 3.79. The fraction of sp³-hybridized carbons (Fsp3) is 0.364. The number of benzene rings is 1. The molecule has 0 saturated heterocycles. The van der Waals surface area contributed by atoms with Gasteiger partial charge in [0.2, 0.25) is 0 Å². The van der Waals surface area contributed by atoms with E-state index in [1.807, 2.05) is 32.0 Å². The maximum Gasteiger partial charge on any atom is 0.286 e. The van der Waals surface area contributed by atoms with E-state index in [1.165, 1.54) is 11.8 Å². The Bertz CT molecular complexity index is 380. The minimum atomic E-state index is 0.0965. The van der Waals surface area contributed by atoms with Crippen LogP contribution in [-0.4, -0.2) is 23.2 Å². The van der Waals surface area contributed by atoms with Crippen molar-refractivity contribution in [3.8, 4) is 0 Å². The average molecular weight is 367 g/mol. The largest absolute Gasteiger partial charge is 0.334 e. The highest BCUT2D eigenvalue weighted by atomic mass is 79.9. The number of hydrogen-bond donors (Lipinski definition) is 0. The van der Waals surface area contributed by atoms with Crippen molar-refractivity contribution in [3.05, 3.63) is 27.1 Å². The maximum atomic E-state index is 11.8. The van der Waals surface area contributed by atoms with Crippen LogP contribution >= 0.6 is 43.6 Å². The summed E-state index contributed by atoms with van der Waals surface area (Å²) in [5.74, 6) is 0. The molecule has 0 aromatic heterocycles. The number of halogens is 2. The van der Waals surface area contributed by atoms with E-state index in [0.29, 0.717) is 0 Å². The molecule has 1 aromatic rings. The summed E-state index contributed by atoms with van der Waals surface area (Å²) in [6.07, 6.45) is 0. The van der Waals surface area contributed by atoms with E-state index in [1.54, 1.807) is 4.90 Å². The topological polar surface area (TPSA) is 20.3 Å². The predicted octanol–water partition coefficient (Wildman–Crippen LogP) is 4.77. The second-order valence-electron chi connectivity index (χ2n) is 3.12. The standard InChI is InChI=1S/C11H13Br2NOS/c1-3-14(4-2)11(15)16-8-5-6-9(12)10(13)7-8/h5-7H,3-4H2,1-2H3. The molecule has 0 saturated carbocycles. The fourth-order valence-corrected chi connectivity index (χ4v) is 2.87. The second-order valence-corrected chi connectivity index (χ2v) is 5.85. The van der Waals surface area contributed by atoms with Gasteiger partial charge in [-0.2, -0.15) is 0 Å². The smallest absolute Gasteiger partial charge is 0.286 e. The molecule has 0 spiro atoms. The third-order valence-electron chi connectivity index (χ3n) is 2.12. The van der Waals surface area contributed by atoms with Gasteiger partial charge in [-0.05, 0) is 75.7 Å². The molecule has 5 heteroatoms. The summed E-state index contributed by atoms with van der Waals surface area (Å²) in [5, 5.41) is 0.0965. The normalized spacial score (nSPS) is 10.2. The van der Waals surface area contributed by atoms with Crippen molar-refractivity contribution in [2.24, 2.45) is 0 Å². The highest BCUT2D eigenvalue weighted by Gasteiger charge is 2.11. The summed E-state index contributed by atoms with van der Waals surface area (Å²) in [7, 11) is 0. The van der Waals surface area contributed by atoms with Crippen LogP contribution in [0, 0.1) is 0 Å². The minimum absolute atomic E-state index is 0.0965. The summed E-state index contributed by atoms with van der Waals surface area (Å²) in [4.78, 5) is 14.6. The quantitative estimate of drug-likeness (QED) is 0.718. The van der Waals surface area contributed by atoms with Gasteiger partial charge >= 0.3 is 0 Å². The maximum absolute atomic E-state index is 11.8. The molecule has 88 valence electrons. The number of amides is 1. The molecule has 0 aliphatic heterocycles. The average Bonchev–Trinajstić information content (AvgIpc) is 2.25. The Hall–Kier alpha value is -0.000000000000000111. The first kappa shape index (κ1) is 14.1. The number of rotatable bonds is 3. The molecule has 0 bridgehead atoms. The lowest BCUT2D eigenvalue weighted by molar-refractivity contribution is 0.228. The first-order valence-corrected chi connectivity index (χ1v) is 7.40. The zero-order valence-corrected chi connectivity index (χ0v) is 13.2. The number of thioether (sulfide) groups is 1. The number of nitrogens with zero attached hydrogens (tertiary/aromatic N) is 1. The van der Waals surface area contributed by atoms with Gasteiger partial charge in [0.1, 0.15) is 0 Å². The Labute approximate surface area is 117 Å². The number of carbonyl (C=O) groups excluding carboxylic acids is 1. The van der Waals surface area contributed by atoms with Crippen molar-refractivity contribution >= 4 is 48.9 Å². The summed E-state index contributed by atoms with van der Waals surface area (Å²) in [5.41, 5.74) is 0. The second kappa shape index (κ2) is 6.67. The van der Waals surface area contributed by atoms with Gasteiger partial charge in [0.15, 0.2) is 0 Å². The SMILES string of the molecule is CCN(CC)C(=O)Sc1ccc(Br)c(Br)c1. The Morgan fingerprint density at radius 1 is 1.25 bits per heavy atom. The van der Waals surface area contributed by atoms with Crippen molar-refractivity contribution in [3.63, 3.8) is 0 Å². The molecule has 1 aromatic carbocycles. The van der Waals surface area contributed by atoms with Crippen LogP contribution in [0.2, 0.25) is 0 Å². The van der Waals surface area contributed by atoms with Crippen LogP contribution in [0.3, 0.4) is 0 Å². The van der Waals surface area contributed by atoms with E-state index in [9.17, 15) is 4.79 Å². The highest BCUT2D eigenvalue weighted by Crippen LogP contribution is 2.29. The molecule has 0 N–H and O–H groups in total. The van der Waals surface area contributed by atoms with Gasteiger partial charge in [0.05, 0.1) is 0 Å². The third-order valence-corrected chi connectivity index (χ3v) is 4.92. The number of hydrogen-bond acceptors (Lipinski definition) is 2. The van der Waals surface area contributed by atoms with Crippen LogP contribution in [0.4, 0.5) is 4.79 Å². The predicted molar refractivity (Wildman–Crippen MR) is 76.0 cm³/mol. The molecule has 1 rings (SSSR count). The summed E-state index contributed by atoms with van der Waals surface area (Å²) in [6, 6.07) is 5.80. The van der Waals surface area contributed by atoms with Gasteiger partial charge in [-0.3, -0.25) is 4.79 Å². The van der Waals surface area contributed by atoms with Crippen LogP contribution in [-0.2, 0) is 0 Å². The summed E-state index contributed by atoms with van der Waals surface area (Å²) in [6.45, 7) is 5.47. The Morgan fingerprint density at radius 2 is 1.88 bits per heavy atom. The van der Waals surface area contributed by atoms with E-state index >= 15 is 0 Å². The van der Waals surface area contributed by atoms with Gasteiger partial charge in [0.25, 0.3) is 5.24 Å². The molecule has 0 aliphatic rings. The lowest BCUT2D eigenvalue weighted by Crippen LogP contribution is -2.26. The van der Waals surface area contributed by atoms with Crippen LogP contribution in [0.1, 0.15) is 13.8 Å². The molecular formula is C11H13Br2NOS. The summed E-state index contributed by atoms with van der Waals surface area (Å²) >= 11 is 8.08. The molecule has 16 heavy (non-hydrogen) atoms. The van der Waals surface area contributed by atoms with Gasteiger partial charge in [-0.1, -0.05) is 0 Å². The zero-order chi connectivity index (χ0) is 12.1. The molecule has 2 nitrogen and oxygen atoms in total. The monoisotopic (exact) mass is 365 g/mol. The van der Waals surface area contributed by atoms with Gasteiger partial charge in [-0.15, -0.1) is 0 Å². The first-order valence-electron chi connectivity index (χ1n) is 5.00. The first-order chi connectivity index (χ1) is 7.58. The molecule has 0 aliphatic carbocycles. The Kier molecular flexibility index (Phi) is 5.86. The Morgan fingerprint density at radius 3 is 2.38 bits per heavy atom. The molecule has 0 fully saturated rings. The van der Waals surface area contributed by atoms with E-state index in [2.05, 4.69) is 31.9 Å². The van der Waals surface area contributed by atoms with Crippen molar-refractivity contribution in [2.45, 2.75) is 18.7 Å². The minimum Gasteiger partial charge on any atom is -0.334 e. The van der Waals surface area contributed by atoms with Crippen molar-refractivity contribution in [1.82, 2.24) is 4.90 Å². The van der Waals surface area contributed by atoms with E-state index in [0.717, 1.165) is 26.9 Å². The lowest BCUT2D eigenvalue weighted by Gasteiger charge is -2.17. The van der Waals surface area contributed by atoms with Gasteiger partial charge in [-0.25, -0.2) is 0 Å². The molecule has 1 amide bonds. The van der Waals surface area contributed by atoms with Crippen molar-refractivity contribution in [2.75, 3.05) is 13.1 Å². The number of carbonyl (C=O) groups is 1. The van der Waals surface area contributed by atoms with Crippen molar-refractivity contribution < 1.29 is 4.79 Å². The van der Waals surface area contributed by atoms with E-state index < -0.39 is 0 Å². The van der Waals surface area contributed by atoms with Gasteiger partial charge in [0, 0.05) is 26.9 Å². The summed E-state index contributed by atoms with van der Waals surface area (Å²) < 4.78 is 1.96. The zero-order valence-electron chi connectivity index (χ0n) is 9.17. The van der Waals surface area contributed by atoms with Crippen LogP contribution < -0.4 is 0 Å². The van der Waals surface area contributed by atoms with Crippen LogP contribution in [0.25, 0.3) is 0 Å². The van der Waals surface area contributed by atoms with Crippen LogP contribution in [0.5, 0.6) is 0 Å². The van der Waals surface area contributed by atoms with Gasteiger partial charge < -0.3 is 4.90 Å². The molecule has 0 radical (unpaired) electrons. The Balaban J connectivity index is 2.73. The molecular weight excluding hydrogens is 354 g/mol. The van der Waals surface area contributed by atoms with Crippen LogP contribution in [0.15, 0.2) is 32.0 Å². The van der Waals surface area contributed by atoms with E-state index in [4.69, 9.17) is 0 Å². The molecule has 0 unspecified atom stereocenters. The lowest BCUT2D eigenvalue weighted by atomic mass is 10.4. The highest BCUT2D eigenvalue weighted by molar-refractivity contribution is 9.13. The molecule has 0 atom stereocenters. The van der Waals surface area contributed by atoms with Crippen molar-refractivity contribution in [1.29, 1.82) is 0 Å².